The Labute approximate surface area is 370 Å². The van der Waals surface area contributed by atoms with Crippen molar-refractivity contribution in [3.8, 4) is 0 Å². The lowest BCUT2D eigenvalue weighted by Gasteiger charge is -2.15. The first-order valence-electron chi connectivity index (χ1n) is 25.7. The molecule has 0 saturated heterocycles. The van der Waals surface area contributed by atoms with Gasteiger partial charge in [-0.05, 0) is 38.5 Å². The molecule has 0 radical (unpaired) electrons. The zero-order valence-electron chi connectivity index (χ0n) is 39.4. The highest BCUT2D eigenvalue weighted by Crippen LogP contribution is 2.42. The highest BCUT2D eigenvalue weighted by molar-refractivity contribution is 7.47. The van der Waals surface area contributed by atoms with Crippen LogP contribution in [0.15, 0.2) is 12.2 Å². The summed E-state index contributed by atoms with van der Waals surface area (Å²) in [4.78, 5) is 34.0. The Morgan fingerprint density at radius 1 is 0.500 bits per heavy atom. The largest absolute Gasteiger partial charge is 0.472 e. The number of aliphatic hydroxyl groups is 1. The van der Waals surface area contributed by atoms with Gasteiger partial charge in [-0.25, -0.2) is 4.57 Å². The molecule has 0 aliphatic carbocycles. The van der Waals surface area contributed by atoms with Crippen LogP contribution in [-0.2, 0) is 27.9 Å². The maximum Gasteiger partial charge on any atom is 0.472 e. The molecule has 2 unspecified atom stereocenters. The topological polar surface area (TPSA) is 131 Å². The lowest BCUT2D eigenvalue weighted by molar-refractivity contribution is -0.147. The third-order valence-corrected chi connectivity index (χ3v) is 12.4. The molecule has 0 aromatic heterocycles. The van der Waals surface area contributed by atoms with E-state index in [0.29, 0.717) is 6.42 Å². The molecular formula is C50H98NO8P. The summed E-state index contributed by atoms with van der Waals surface area (Å²) >= 11 is 0. The molecule has 0 rings (SSSR count). The molecule has 0 spiro atoms. The number of hydrogen-bond donors (Lipinski definition) is 3. The molecule has 2 atom stereocenters. The van der Waals surface area contributed by atoms with Crippen molar-refractivity contribution >= 4 is 19.7 Å². The van der Waals surface area contributed by atoms with Gasteiger partial charge in [0.15, 0.2) is 0 Å². The number of hydrogen-bond acceptors (Lipinski definition) is 7. The van der Waals surface area contributed by atoms with Crippen LogP contribution in [0.3, 0.4) is 0 Å². The summed E-state index contributed by atoms with van der Waals surface area (Å²) in [5.74, 6) is -0.512. The van der Waals surface area contributed by atoms with E-state index < -0.39 is 26.5 Å². The van der Waals surface area contributed by atoms with E-state index in [1.165, 1.54) is 180 Å². The minimum absolute atomic E-state index is 0.0860. The lowest BCUT2D eigenvalue weighted by atomic mass is 10.0. The van der Waals surface area contributed by atoms with Crippen LogP contribution in [-0.4, -0.2) is 54.3 Å². The average Bonchev–Trinajstić information content (AvgIpc) is 3.23. The number of phosphoric acid groups is 1. The molecule has 0 aromatic carbocycles. The van der Waals surface area contributed by atoms with Gasteiger partial charge in [0.05, 0.1) is 13.2 Å². The summed E-state index contributed by atoms with van der Waals surface area (Å²) in [5.41, 5.74) is 0. The summed E-state index contributed by atoms with van der Waals surface area (Å²) in [7, 11) is -4.42. The minimum Gasteiger partial charge on any atom is -0.463 e. The first kappa shape index (κ1) is 58.8. The van der Waals surface area contributed by atoms with Crippen molar-refractivity contribution in [1.82, 2.24) is 5.32 Å². The third-order valence-electron chi connectivity index (χ3n) is 11.4. The Bertz CT molecular complexity index is 995. The second-order valence-corrected chi connectivity index (χ2v) is 19.0. The Morgan fingerprint density at radius 2 is 0.850 bits per heavy atom. The number of aliphatic hydroxyl groups excluding tert-OH is 1. The van der Waals surface area contributed by atoms with E-state index >= 15 is 0 Å². The molecule has 1 amide bonds. The van der Waals surface area contributed by atoms with Gasteiger partial charge >= 0.3 is 13.8 Å². The number of amides is 1. The summed E-state index contributed by atoms with van der Waals surface area (Å²) < 4.78 is 27.0. The fraction of sp³-hybridized carbons (Fsp3) is 0.920. The van der Waals surface area contributed by atoms with Crippen LogP contribution in [0.25, 0.3) is 0 Å². The van der Waals surface area contributed by atoms with E-state index in [-0.39, 0.29) is 32.1 Å². The lowest BCUT2D eigenvalue weighted by Crippen LogP contribution is -2.27. The van der Waals surface area contributed by atoms with E-state index in [0.717, 1.165) is 57.8 Å². The third kappa shape index (κ3) is 47.8. The van der Waals surface area contributed by atoms with Crippen molar-refractivity contribution < 1.29 is 37.9 Å². The van der Waals surface area contributed by atoms with Gasteiger partial charge in [0, 0.05) is 19.4 Å². The van der Waals surface area contributed by atoms with E-state index in [9.17, 15) is 24.2 Å². The highest BCUT2D eigenvalue weighted by atomic mass is 31.2. The van der Waals surface area contributed by atoms with E-state index in [1.807, 2.05) is 0 Å². The van der Waals surface area contributed by atoms with E-state index in [1.54, 1.807) is 0 Å². The van der Waals surface area contributed by atoms with Crippen LogP contribution in [0.1, 0.15) is 264 Å². The predicted octanol–water partition coefficient (Wildman–Crippen LogP) is 15.0. The Hall–Kier alpha value is -1.25. The molecule has 0 aromatic rings. The van der Waals surface area contributed by atoms with Crippen molar-refractivity contribution in [2.45, 2.75) is 270 Å². The summed E-state index contributed by atoms with van der Waals surface area (Å²) in [6.45, 7) is 3.59. The standard InChI is InChI=1S/C50H98NO8P/c1-3-5-7-9-11-13-15-17-19-20-21-22-23-24-25-26-27-29-30-32-34-36-38-40-42-49(53)51-44-45-58-60(55,56)59-47-48(52)46-57-50(54)43-41-39-37-35-33-31-28-18-16-14-12-10-8-6-4-2/h18,28,48,52H,3-17,19-27,29-47H2,1-2H3,(H,51,53)(H,55,56)/b28-18-. The molecule has 0 aliphatic rings. The van der Waals surface area contributed by atoms with E-state index in [2.05, 4.69) is 31.3 Å². The Morgan fingerprint density at radius 3 is 1.25 bits per heavy atom. The normalized spacial score (nSPS) is 13.2. The molecule has 0 fully saturated rings. The molecule has 0 bridgehead atoms. The van der Waals surface area contributed by atoms with Crippen LogP contribution in [0.5, 0.6) is 0 Å². The van der Waals surface area contributed by atoms with Gasteiger partial charge in [0.25, 0.3) is 0 Å². The Kier molecular flexibility index (Phi) is 46.3. The Balaban J connectivity index is 3.50. The van der Waals surface area contributed by atoms with Crippen molar-refractivity contribution in [2.75, 3.05) is 26.4 Å². The monoisotopic (exact) mass is 872 g/mol. The quantitative estimate of drug-likeness (QED) is 0.0238. The highest BCUT2D eigenvalue weighted by Gasteiger charge is 2.23. The van der Waals surface area contributed by atoms with Gasteiger partial charge in [0.2, 0.25) is 5.91 Å². The molecule has 356 valence electrons. The number of phosphoric ester groups is 1. The number of rotatable bonds is 49. The second kappa shape index (κ2) is 47.2. The number of ether oxygens (including phenoxy) is 1. The van der Waals surface area contributed by atoms with Crippen molar-refractivity contribution in [3.63, 3.8) is 0 Å². The van der Waals surface area contributed by atoms with Gasteiger partial charge in [-0.15, -0.1) is 0 Å². The van der Waals surface area contributed by atoms with Crippen LogP contribution in [0.4, 0.5) is 0 Å². The van der Waals surface area contributed by atoms with Crippen molar-refractivity contribution in [3.05, 3.63) is 12.2 Å². The second-order valence-electron chi connectivity index (χ2n) is 17.5. The van der Waals surface area contributed by atoms with Gasteiger partial charge in [-0.1, -0.05) is 225 Å². The van der Waals surface area contributed by atoms with E-state index in [4.69, 9.17) is 13.8 Å². The van der Waals surface area contributed by atoms with Gasteiger partial charge in [-0.3, -0.25) is 18.6 Å². The summed E-state index contributed by atoms with van der Waals surface area (Å²) in [6, 6.07) is 0. The SMILES string of the molecule is CCCCCCCC/C=C\CCCCCCCC(=O)OCC(O)COP(=O)(O)OCCNC(=O)CCCCCCCCCCCCCCCCCCCCCCCCCC. The zero-order chi connectivity index (χ0) is 43.9. The molecular weight excluding hydrogens is 774 g/mol. The number of esters is 1. The number of carbonyl (C=O) groups is 2. The molecule has 0 aliphatic heterocycles. The summed E-state index contributed by atoms with van der Waals surface area (Å²) in [5, 5.41) is 12.7. The minimum atomic E-state index is -4.42. The molecule has 60 heavy (non-hydrogen) atoms. The molecule has 0 saturated carbocycles. The smallest absolute Gasteiger partial charge is 0.463 e. The maximum atomic E-state index is 12.1. The van der Waals surface area contributed by atoms with Crippen molar-refractivity contribution in [2.24, 2.45) is 0 Å². The molecule has 3 N–H and O–H groups in total. The molecule has 9 nitrogen and oxygen atoms in total. The van der Waals surface area contributed by atoms with Crippen LogP contribution < -0.4 is 5.32 Å². The van der Waals surface area contributed by atoms with Gasteiger partial charge in [0.1, 0.15) is 12.7 Å². The number of unbranched alkanes of at least 4 members (excludes halogenated alkanes) is 34. The first-order valence-corrected chi connectivity index (χ1v) is 27.2. The average molecular weight is 872 g/mol. The fourth-order valence-corrected chi connectivity index (χ4v) is 8.31. The molecule has 0 heterocycles. The van der Waals surface area contributed by atoms with Crippen molar-refractivity contribution in [1.29, 1.82) is 0 Å². The first-order chi connectivity index (χ1) is 29.3. The summed E-state index contributed by atoms with van der Waals surface area (Å²) in [6.07, 6.45) is 51.6. The number of carbonyl (C=O) groups excluding carboxylic acids is 2. The number of allylic oxidation sites excluding steroid dienone is 2. The zero-order valence-corrected chi connectivity index (χ0v) is 40.3. The number of nitrogens with one attached hydrogen (secondary N) is 1. The van der Waals surface area contributed by atoms with Gasteiger partial charge in [-0.2, -0.15) is 0 Å². The molecule has 10 heteroatoms. The van der Waals surface area contributed by atoms with Crippen LogP contribution in [0.2, 0.25) is 0 Å². The van der Waals surface area contributed by atoms with Crippen LogP contribution in [0, 0.1) is 0 Å². The van der Waals surface area contributed by atoms with Gasteiger partial charge < -0.3 is 20.1 Å². The predicted molar refractivity (Wildman–Crippen MR) is 252 cm³/mol. The maximum absolute atomic E-state index is 12.1. The fourth-order valence-electron chi connectivity index (χ4n) is 7.55. The van der Waals surface area contributed by atoms with Crippen LogP contribution >= 0.6 is 7.82 Å².